The standard InChI is InChI=1S/C9H8N2O3/c1-13-8-5-3-2-4-7(8)11-6-9(12)14-10-11/h2-6H,1H3. The first-order valence-electron chi connectivity index (χ1n) is 4.00. The molecule has 14 heavy (non-hydrogen) atoms. The van der Waals surface area contributed by atoms with E-state index in [0.29, 0.717) is 11.4 Å². The Hall–Kier alpha value is -2.04. The Morgan fingerprint density at radius 1 is 1.43 bits per heavy atom. The summed E-state index contributed by atoms with van der Waals surface area (Å²) in [4.78, 5) is 0. The van der Waals surface area contributed by atoms with Gasteiger partial charge in [-0.25, -0.2) is 0 Å². The van der Waals surface area contributed by atoms with Crippen LogP contribution < -0.4 is 14.5 Å². The molecule has 72 valence electrons. The first kappa shape index (κ1) is 8.55. The van der Waals surface area contributed by atoms with E-state index in [1.807, 2.05) is 12.1 Å². The second-order valence-corrected chi connectivity index (χ2v) is 2.64. The molecule has 0 aliphatic heterocycles. The molecule has 0 saturated heterocycles. The molecule has 2 aromatic rings. The molecule has 1 aromatic heterocycles. The number of para-hydroxylation sites is 2. The summed E-state index contributed by atoms with van der Waals surface area (Å²) in [5, 5.41) is 14.3. The summed E-state index contributed by atoms with van der Waals surface area (Å²) in [5.74, 6) is 0.140. The number of rotatable bonds is 2. The van der Waals surface area contributed by atoms with E-state index in [2.05, 4.69) is 9.79 Å². The quantitative estimate of drug-likeness (QED) is 0.630. The summed E-state index contributed by atoms with van der Waals surface area (Å²) < 4.78 is 10.9. The highest BCUT2D eigenvalue weighted by Crippen LogP contribution is 2.16. The first-order valence-corrected chi connectivity index (χ1v) is 4.00. The lowest BCUT2D eigenvalue weighted by molar-refractivity contribution is -0.670. The number of hydrogen-bond acceptors (Lipinski definition) is 4. The minimum absolute atomic E-state index is 0.490. The van der Waals surface area contributed by atoms with Crippen molar-refractivity contribution in [1.82, 2.24) is 5.27 Å². The van der Waals surface area contributed by atoms with Gasteiger partial charge in [-0.05, 0) is 10.7 Å². The molecule has 0 saturated carbocycles. The lowest BCUT2D eigenvalue weighted by Crippen LogP contribution is -2.31. The molecule has 5 heteroatoms. The average molecular weight is 192 g/mol. The summed E-state index contributed by atoms with van der Waals surface area (Å²) >= 11 is 0. The molecule has 2 rings (SSSR count). The van der Waals surface area contributed by atoms with Gasteiger partial charge in [0, 0.05) is 6.07 Å². The van der Waals surface area contributed by atoms with Crippen LogP contribution in [0.2, 0.25) is 0 Å². The Labute approximate surface area is 80.1 Å². The minimum Gasteiger partial charge on any atom is -0.539 e. The molecule has 0 spiro atoms. The zero-order valence-electron chi connectivity index (χ0n) is 7.51. The smallest absolute Gasteiger partial charge is 0.280 e. The molecule has 0 radical (unpaired) electrons. The number of hydrogen-bond donors (Lipinski definition) is 0. The van der Waals surface area contributed by atoms with Gasteiger partial charge < -0.3 is 14.4 Å². The van der Waals surface area contributed by atoms with Gasteiger partial charge in [-0.2, -0.15) is 0 Å². The van der Waals surface area contributed by atoms with Crippen LogP contribution in [-0.2, 0) is 0 Å². The van der Waals surface area contributed by atoms with Crippen molar-refractivity contribution in [1.29, 1.82) is 0 Å². The highest BCUT2D eigenvalue weighted by molar-refractivity contribution is 5.39. The summed E-state index contributed by atoms with van der Waals surface area (Å²) in [6.45, 7) is 0. The molecule has 0 aliphatic carbocycles. The van der Waals surface area contributed by atoms with Gasteiger partial charge in [-0.1, -0.05) is 12.1 Å². The molecule has 0 bridgehead atoms. The van der Waals surface area contributed by atoms with E-state index in [1.54, 1.807) is 19.2 Å². The third kappa shape index (κ3) is 1.39. The van der Waals surface area contributed by atoms with E-state index in [-0.39, 0.29) is 0 Å². The highest BCUT2D eigenvalue weighted by atomic mass is 16.6. The SMILES string of the molecule is COc1ccccc1-[n+]1cc([O-])on1. The van der Waals surface area contributed by atoms with Crippen LogP contribution in [0.25, 0.3) is 5.69 Å². The highest BCUT2D eigenvalue weighted by Gasteiger charge is 2.14. The molecule has 0 fully saturated rings. The van der Waals surface area contributed by atoms with Gasteiger partial charge in [0.1, 0.15) is 5.95 Å². The first-order chi connectivity index (χ1) is 6.81. The van der Waals surface area contributed by atoms with E-state index in [9.17, 15) is 5.11 Å². The fourth-order valence-electron chi connectivity index (χ4n) is 1.16. The van der Waals surface area contributed by atoms with Crippen molar-refractivity contribution in [2.75, 3.05) is 7.11 Å². The van der Waals surface area contributed by atoms with Crippen LogP contribution >= 0.6 is 0 Å². The molecule has 1 aromatic carbocycles. The molecular weight excluding hydrogens is 184 g/mol. The van der Waals surface area contributed by atoms with Crippen molar-refractivity contribution in [2.24, 2.45) is 0 Å². The maximum Gasteiger partial charge on any atom is 0.280 e. The minimum atomic E-state index is -0.490. The fraction of sp³-hybridized carbons (Fsp3) is 0.111. The fourth-order valence-corrected chi connectivity index (χ4v) is 1.16. The summed E-state index contributed by atoms with van der Waals surface area (Å²) in [6, 6.07) is 7.22. The van der Waals surface area contributed by atoms with Crippen molar-refractivity contribution in [3.8, 4) is 17.4 Å². The molecule has 0 atom stereocenters. The predicted octanol–water partition coefficient (Wildman–Crippen LogP) is 0.0335. The molecule has 0 N–H and O–H groups in total. The van der Waals surface area contributed by atoms with Crippen LogP contribution in [0.1, 0.15) is 0 Å². The molecule has 5 nitrogen and oxygen atoms in total. The maximum absolute atomic E-state index is 10.8. The van der Waals surface area contributed by atoms with Crippen molar-refractivity contribution >= 4 is 0 Å². The average Bonchev–Trinajstić information content (AvgIpc) is 2.65. The van der Waals surface area contributed by atoms with Gasteiger partial charge in [0.15, 0.2) is 5.75 Å². The normalized spacial score (nSPS) is 10.1. The second-order valence-electron chi connectivity index (χ2n) is 2.64. The summed E-state index contributed by atoms with van der Waals surface area (Å²) in [5.41, 5.74) is 0.667. The second kappa shape index (κ2) is 3.37. The monoisotopic (exact) mass is 192 g/mol. The van der Waals surface area contributed by atoms with Gasteiger partial charge in [0.05, 0.1) is 12.4 Å². The topological polar surface area (TPSA) is 62.2 Å². The van der Waals surface area contributed by atoms with Gasteiger partial charge in [-0.15, -0.1) is 0 Å². The van der Waals surface area contributed by atoms with Crippen molar-refractivity contribution in [3.63, 3.8) is 0 Å². The maximum atomic E-state index is 10.8. The molecule has 1 heterocycles. The summed E-state index contributed by atoms with van der Waals surface area (Å²) in [7, 11) is 1.55. The number of methoxy groups -OCH3 is 1. The molecular formula is C9H8N2O3. The van der Waals surface area contributed by atoms with E-state index in [0.717, 1.165) is 0 Å². The zero-order valence-corrected chi connectivity index (χ0v) is 7.51. The Kier molecular flexibility index (Phi) is 2.06. The molecule has 0 aliphatic rings. The van der Waals surface area contributed by atoms with E-state index in [1.165, 1.54) is 10.9 Å². The molecule has 0 amide bonds. The van der Waals surface area contributed by atoms with Crippen LogP contribution in [0.5, 0.6) is 11.7 Å². The van der Waals surface area contributed by atoms with Gasteiger partial charge in [0.2, 0.25) is 6.20 Å². The Morgan fingerprint density at radius 3 is 2.86 bits per heavy atom. The lowest BCUT2D eigenvalue weighted by atomic mass is 10.3. The van der Waals surface area contributed by atoms with Crippen molar-refractivity contribution in [2.45, 2.75) is 0 Å². The van der Waals surface area contributed by atoms with Crippen molar-refractivity contribution in [3.05, 3.63) is 30.5 Å². The van der Waals surface area contributed by atoms with Crippen LogP contribution in [0.4, 0.5) is 0 Å². The van der Waals surface area contributed by atoms with Gasteiger partial charge >= 0.3 is 0 Å². The Bertz CT molecular complexity index is 439. The van der Waals surface area contributed by atoms with Crippen molar-refractivity contribution < 1.29 is 19.0 Å². The largest absolute Gasteiger partial charge is 0.539 e. The van der Waals surface area contributed by atoms with Crippen LogP contribution in [0.3, 0.4) is 0 Å². The predicted molar refractivity (Wildman–Crippen MR) is 44.0 cm³/mol. The molecule has 0 unspecified atom stereocenters. The third-order valence-electron chi connectivity index (χ3n) is 1.78. The number of benzene rings is 1. The zero-order chi connectivity index (χ0) is 9.97. The van der Waals surface area contributed by atoms with Gasteiger partial charge in [-0.3, -0.25) is 0 Å². The number of nitrogens with zero attached hydrogens (tertiary/aromatic N) is 2. The van der Waals surface area contributed by atoms with E-state index in [4.69, 9.17) is 4.74 Å². The number of aromatic nitrogens is 2. The Balaban J connectivity index is 2.50. The third-order valence-corrected chi connectivity index (χ3v) is 1.78. The van der Waals surface area contributed by atoms with Crippen LogP contribution in [0.15, 0.2) is 35.0 Å². The van der Waals surface area contributed by atoms with E-state index < -0.39 is 5.95 Å². The Morgan fingerprint density at radius 2 is 2.21 bits per heavy atom. The van der Waals surface area contributed by atoms with Crippen LogP contribution in [-0.4, -0.2) is 12.4 Å². The van der Waals surface area contributed by atoms with Crippen LogP contribution in [0, 0.1) is 0 Å². The summed E-state index contributed by atoms with van der Waals surface area (Å²) in [6.07, 6.45) is 1.25. The van der Waals surface area contributed by atoms with Gasteiger partial charge in [0.25, 0.3) is 5.69 Å². The lowest BCUT2D eigenvalue weighted by Gasteiger charge is -1.98. The van der Waals surface area contributed by atoms with E-state index >= 15 is 0 Å². The number of ether oxygens (including phenoxy) is 1.